The second-order valence-electron chi connectivity index (χ2n) is 5.97. The molecule has 0 aliphatic rings. The fourth-order valence-electron chi connectivity index (χ4n) is 2.70. The summed E-state index contributed by atoms with van der Waals surface area (Å²) in [6, 6.07) is 11.5. The number of benzene rings is 1. The summed E-state index contributed by atoms with van der Waals surface area (Å²) in [5.41, 5.74) is -0.548. The Balaban J connectivity index is 2.40. The van der Waals surface area contributed by atoms with Gasteiger partial charge in [0.05, 0.1) is 16.9 Å². The van der Waals surface area contributed by atoms with Gasteiger partial charge in [0.1, 0.15) is 11.1 Å². The molecule has 8 heteroatoms. The van der Waals surface area contributed by atoms with Crippen LogP contribution in [0.4, 0.5) is 13.2 Å². The highest BCUT2D eigenvalue weighted by atomic mass is 32.2. The van der Waals surface area contributed by atoms with Crippen LogP contribution in [0.5, 0.6) is 0 Å². The van der Waals surface area contributed by atoms with Gasteiger partial charge >= 0.3 is 6.18 Å². The number of amides is 1. The minimum absolute atomic E-state index is 0.0660. The highest BCUT2D eigenvalue weighted by Gasteiger charge is 2.36. The Morgan fingerprint density at radius 3 is 2.39 bits per heavy atom. The van der Waals surface area contributed by atoms with E-state index in [1.165, 1.54) is 0 Å². The molecule has 148 valence electrons. The average molecular weight is 407 g/mol. The van der Waals surface area contributed by atoms with Gasteiger partial charge < -0.3 is 4.90 Å². The fraction of sp³-hybridized carbons (Fsp3) is 0.350. The molecule has 0 atom stereocenters. The third-order valence-electron chi connectivity index (χ3n) is 4.13. The van der Waals surface area contributed by atoms with Gasteiger partial charge in [-0.3, -0.25) is 4.79 Å². The summed E-state index contributed by atoms with van der Waals surface area (Å²) in [5.74, 6) is -0.280. The lowest BCUT2D eigenvalue weighted by Gasteiger charge is -2.19. The topological polar surface area (TPSA) is 57.0 Å². The Bertz CT molecular complexity index is 859. The standard InChI is InChI=1S/C20H20F3N3OS/c1-3-26(4-2)18(27)13-28-19-16(12-24)17(20(21,22)23)11-15(25-19)10-14-8-6-5-7-9-14/h5-9,11H,3-4,10,13H2,1-2H3. The van der Waals surface area contributed by atoms with E-state index in [0.29, 0.717) is 13.1 Å². The number of pyridine rings is 1. The number of hydrogen-bond donors (Lipinski definition) is 0. The van der Waals surface area contributed by atoms with Gasteiger partial charge in [-0.05, 0) is 25.5 Å². The van der Waals surface area contributed by atoms with Crippen LogP contribution in [0.15, 0.2) is 41.4 Å². The van der Waals surface area contributed by atoms with Crippen molar-refractivity contribution in [2.75, 3.05) is 18.8 Å². The van der Waals surface area contributed by atoms with Crippen LogP contribution in [-0.2, 0) is 17.4 Å². The van der Waals surface area contributed by atoms with Crippen LogP contribution in [0.25, 0.3) is 0 Å². The Morgan fingerprint density at radius 2 is 1.86 bits per heavy atom. The summed E-state index contributed by atoms with van der Waals surface area (Å²) in [4.78, 5) is 18.1. The zero-order valence-corrected chi connectivity index (χ0v) is 16.4. The summed E-state index contributed by atoms with van der Waals surface area (Å²) in [6.45, 7) is 4.67. The van der Waals surface area contributed by atoms with E-state index in [4.69, 9.17) is 0 Å². The molecule has 0 saturated carbocycles. The molecule has 0 unspecified atom stereocenters. The van der Waals surface area contributed by atoms with Crippen molar-refractivity contribution in [1.82, 2.24) is 9.88 Å². The number of carbonyl (C=O) groups is 1. The van der Waals surface area contributed by atoms with Crippen molar-refractivity contribution < 1.29 is 18.0 Å². The molecule has 0 spiro atoms. The lowest BCUT2D eigenvalue weighted by atomic mass is 10.0. The van der Waals surface area contributed by atoms with Crippen LogP contribution in [-0.4, -0.2) is 34.6 Å². The zero-order valence-electron chi connectivity index (χ0n) is 15.6. The van der Waals surface area contributed by atoms with E-state index in [1.54, 1.807) is 35.2 Å². The first-order valence-electron chi connectivity index (χ1n) is 8.75. The molecule has 0 N–H and O–H groups in total. The first-order valence-corrected chi connectivity index (χ1v) is 9.74. The molecule has 0 aliphatic heterocycles. The molecule has 28 heavy (non-hydrogen) atoms. The number of hydrogen-bond acceptors (Lipinski definition) is 4. The number of nitriles is 1. The van der Waals surface area contributed by atoms with Crippen LogP contribution in [0.2, 0.25) is 0 Å². The lowest BCUT2D eigenvalue weighted by Crippen LogP contribution is -2.31. The maximum Gasteiger partial charge on any atom is 0.417 e. The number of rotatable bonds is 7. The van der Waals surface area contributed by atoms with Crippen LogP contribution in [0.3, 0.4) is 0 Å². The van der Waals surface area contributed by atoms with Crippen molar-refractivity contribution in [3.05, 3.63) is 58.8 Å². The van der Waals surface area contributed by atoms with Gasteiger partial charge in [-0.2, -0.15) is 18.4 Å². The van der Waals surface area contributed by atoms with Crippen LogP contribution >= 0.6 is 11.8 Å². The molecule has 4 nitrogen and oxygen atoms in total. The van der Waals surface area contributed by atoms with E-state index in [9.17, 15) is 23.2 Å². The largest absolute Gasteiger partial charge is 0.417 e. The molecular weight excluding hydrogens is 387 g/mol. The third kappa shape index (κ3) is 5.49. The molecule has 0 saturated heterocycles. The molecule has 2 rings (SSSR count). The van der Waals surface area contributed by atoms with Crippen molar-refractivity contribution >= 4 is 17.7 Å². The number of nitrogens with zero attached hydrogens (tertiary/aromatic N) is 3. The van der Waals surface area contributed by atoms with Gasteiger partial charge in [-0.1, -0.05) is 42.1 Å². The first-order chi connectivity index (χ1) is 13.3. The second kappa shape index (κ2) is 9.60. The van der Waals surface area contributed by atoms with Crippen molar-refractivity contribution in [1.29, 1.82) is 5.26 Å². The highest BCUT2D eigenvalue weighted by Crippen LogP contribution is 2.36. The summed E-state index contributed by atoms with van der Waals surface area (Å²) in [7, 11) is 0. The Hall–Kier alpha value is -2.53. The Kier molecular flexibility index (Phi) is 7.46. The number of halogens is 3. The summed E-state index contributed by atoms with van der Waals surface area (Å²) in [5, 5.41) is 9.25. The molecule has 1 amide bonds. The molecule has 0 bridgehead atoms. The van der Waals surface area contributed by atoms with Gasteiger partial charge in [0.25, 0.3) is 0 Å². The molecule has 1 heterocycles. The van der Waals surface area contributed by atoms with E-state index in [-0.39, 0.29) is 28.8 Å². The maximum atomic E-state index is 13.5. The highest BCUT2D eigenvalue weighted by molar-refractivity contribution is 8.00. The van der Waals surface area contributed by atoms with Crippen molar-refractivity contribution in [3.8, 4) is 6.07 Å². The Morgan fingerprint density at radius 1 is 1.21 bits per heavy atom. The number of thioether (sulfide) groups is 1. The smallest absolute Gasteiger partial charge is 0.343 e. The van der Waals surface area contributed by atoms with Gasteiger partial charge in [0.2, 0.25) is 5.91 Å². The normalized spacial score (nSPS) is 11.1. The summed E-state index contributed by atoms with van der Waals surface area (Å²) >= 11 is 0.869. The summed E-state index contributed by atoms with van der Waals surface area (Å²) in [6.07, 6.45) is -4.48. The molecule has 1 aromatic carbocycles. The predicted octanol–water partition coefficient (Wildman–Crippen LogP) is 4.52. The number of aromatic nitrogens is 1. The van der Waals surface area contributed by atoms with E-state index in [0.717, 1.165) is 23.4 Å². The monoisotopic (exact) mass is 407 g/mol. The van der Waals surface area contributed by atoms with Crippen molar-refractivity contribution in [3.63, 3.8) is 0 Å². The number of alkyl halides is 3. The van der Waals surface area contributed by atoms with Gasteiger partial charge in [-0.25, -0.2) is 4.98 Å². The lowest BCUT2D eigenvalue weighted by molar-refractivity contribution is -0.138. The van der Waals surface area contributed by atoms with E-state index in [2.05, 4.69) is 4.98 Å². The van der Waals surface area contributed by atoms with E-state index in [1.807, 2.05) is 19.9 Å². The van der Waals surface area contributed by atoms with Crippen LogP contribution < -0.4 is 0 Å². The quantitative estimate of drug-likeness (QED) is 0.633. The van der Waals surface area contributed by atoms with Crippen molar-refractivity contribution in [2.24, 2.45) is 0 Å². The van der Waals surface area contributed by atoms with Crippen LogP contribution in [0, 0.1) is 11.3 Å². The Labute approximate surface area is 166 Å². The first kappa shape index (κ1) is 21.8. The maximum absolute atomic E-state index is 13.5. The molecule has 1 aromatic heterocycles. The third-order valence-corrected chi connectivity index (χ3v) is 5.09. The molecular formula is C20H20F3N3OS. The minimum Gasteiger partial charge on any atom is -0.343 e. The molecule has 0 aliphatic carbocycles. The summed E-state index contributed by atoms with van der Waals surface area (Å²) < 4.78 is 40.5. The zero-order chi connectivity index (χ0) is 20.7. The molecule has 2 aromatic rings. The minimum atomic E-state index is -4.68. The number of carbonyl (C=O) groups excluding carboxylic acids is 1. The second-order valence-corrected chi connectivity index (χ2v) is 6.93. The van der Waals surface area contributed by atoms with Crippen LogP contribution in [0.1, 0.15) is 36.2 Å². The van der Waals surface area contributed by atoms with Crippen molar-refractivity contribution in [2.45, 2.75) is 31.5 Å². The molecule has 0 radical (unpaired) electrons. The average Bonchev–Trinajstić information content (AvgIpc) is 2.67. The molecule has 0 fully saturated rings. The predicted molar refractivity (Wildman–Crippen MR) is 102 cm³/mol. The van der Waals surface area contributed by atoms with Gasteiger partial charge in [0, 0.05) is 25.2 Å². The van der Waals surface area contributed by atoms with Gasteiger partial charge in [-0.15, -0.1) is 0 Å². The van der Waals surface area contributed by atoms with E-state index >= 15 is 0 Å². The fourth-order valence-corrected chi connectivity index (χ4v) is 3.63. The van der Waals surface area contributed by atoms with Gasteiger partial charge in [0.15, 0.2) is 0 Å². The van der Waals surface area contributed by atoms with E-state index < -0.39 is 17.3 Å². The SMILES string of the molecule is CCN(CC)C(=O)CSc1nc(Cc2ccccc2)cc(C(F)(F)F)c1C#N.